The maximum absolute atomic E-state index is 11.4. The van der Waals surface area contributed by atoms with Crippen LogP contribution < -0.4 is 5.43 Å². The summed E-state index contributed by atoms with van der Waals surface area (Å²) in [6, 6.07) is 11.8. The lowest BCUT2D eigenvalue weighted by atomic mass is 10.1. The van der Waals surface area contributed by atoms with E-state index in [0.29, 0.717) is 12.1 Å². The Morgan fingerprint density at radius 3 is 2.39 bits per heavy atom. The van der Waals surface area contributed by atoms with Gasteiger partial charge < -0.3 is 0 Å². The van der Waals surface area contributed by atoms with Crippen molar-refractivity contribution in [2.75, 3.05) is 27.2 Å². The Bertz CT molecular complexity index is 1190. The molecule has 0 N–H and O–H groups in total. The summed E-state index contributed by atoms with van der Waals surface area (Å²) in [6.45, 7) is 11.7. The Hall–Kier alpha value is -4.12. The lowest BCUT2D eigenvalue weighted by Crippen LogP contribution is -2.23. The van der Waals surface area contributed by atoms with E-state index in [1.165, 1.54) is 5.71 Å². The Labute approximate surface area is 247 Å². The largest absolute Gasteiger partial charge is 0.298 e. The summed E-state index contributed by atoms with van der Waals surface area (Å²) in [5.74, 6) is 0.792. The fourth-order valence-electron chi connectivity index (χ4n) is 3.69. The number of unbranched alkanes of at least 4 members (excludes halogenated alkanes) is 1. The number of rotatable bonds is 7. The van der Waals surface area contributed by atoms with Crippen molar-refractivity contribution in [2.24, 2.45) is 20.1 Å². The SMILES string of the molecule is C#C.CC.CC.CCc1nn(C2C=NN(C)C2)ccc1=O.CN=C(N=CCCCC1=NCCC=C1)c1ccccc1. The van der Waals surface area contributed by atoms with Gasteiger partial charge >= 0.3 is 0 Å². The molecule has 1 unspecified atom stereocenters. The van der Waals surface area contributed by atoms with Gasteiger partial charge in [0.25, 0.3) is 0 Å². The minimum atomic E-state index is 0.0111. The van der Waals surface area contributed by atoms with Crippen molar-refractivity contribution in [3.05, 3.63) is 76.2 Å². The number of amidine groups is 1. The van der Waals surface area contributed by atoms with Gasteiger partial charge in [-0.2, -0.15) is 10.2 Å². The molecule has 2 aliphatic heterocycles. The predicted molar refractivity (Wildman–Crippen MR) is 178 cm³/mol. The molecule has 1 aromatic heterocycles. The fourth-order valence-corrected chi connectivity index (χ4v) is 3.69. The van der Waals surface area contributed by atoms with E-state index in [1.807, 2.05) is 89.4 Å². The van der Waals surface area contributed by atoms with Crippen LogP contribution in [0.3, 0.4) is 0 Å². The summed E-state index contributed by atoms with van der Waals surface area (Å²) < 4.78 is 1.80. The molecule has 1 atom stereocenters. The summed E-state index contributed by atoms with van der Waals surface area (Å²) in [7, 11) is 3.70. The number of aliphatic imine (C=N–C) groups is 3. The second-order valence-electron chi connectivity index (χ2n) is 8.31. The van der Waals surface area contributed by atoms with Gasteiger partial charge in [0.15, 0.2) is 5.84 Å². The van der Waals surface area contributed by atoms with Gasteiger partial charge in [-0.3, -0.25) is 24.5 Å². The molecule has 222 valence electrons. The van der Waals surface area contributed by atoms with Gasteiger partial charge in [-0.15, -0.1) is 12.8 Å². The van der Waals surface area contributed by atoms with Crippen molar-refractivity contribution in [3.63, 3.8) is 0 Å². The Balaban J connectivity index is 0.000000677. The number of allylic oxidation sites excluding steroid dienone is 1. The molecule has 0 amide bonds. The van der Waals surface area contributed by atoms with Gasteiger partial charge in [0, 0.05) is 50.4 Å². The van der Waals surface area contributed by atoms with E-state index in [9.17, 15) is 4.79 Å². The van der Waals surface area contributed by atoms with Gasteiger partial charge in [0.1, 0.15) is 11.7 Å². The summed E-state index contributed by atoms with van der Waals surface area (Å²) in [5, 5.41) is 10.3. The molecule has 0 fully saturated rings. The first-order chi connectivity index (χ1) is 20.1. The molecule has 41 heavy (non-hydrogen) atoms. The molecule has 8 heteroatoms. The molecule has 0 saturated carbocycles. The summed E-state index contributed by atoms with van der Waals surface area (Å²) in [6.07, 6.45) is 22.7. The normalized spacial score (nSPS) is 15.2. The lowest BCUT2D eigenvalue weighted by Gasteiger charge is -2.13. The summed E-state index contributed by atoms with van der Waals surface area (Å²) >= 11 is 0. The van der Waals surface area contributed by atoms with Gasteiger partial charge in [-0.05, 0) is 38.2 Å². The van der Waals surface area contributed by atoms with Crippen LogP contribution in [-0.2, 0) is 6.42 Å². The third-order valence-corrected chi connectivity index (χ3v) is 5.61. The second-order valence-corrected chi connectivity index (χ2v) is 8.31. The zero-order valence-electron chi connectivity index (χ0n) is 26.1. The van der Waals surface area contributed by atoms with Crippen molar-refractivity contribution in [1.29, 1.82) is 0 Å². The highest BCUT2D eigenvalue weighted by Crippen LogP contribution is 2.10. The van der Waals surface area contributed by atoms with Crippen molar-refractivity contribution in [1.82, 2.24) is 14.8 Å². The number of likely N-dealkylation sites (N-methyl/N-ethyl adjacent to an activating group) is 1. The number of nitrogens with zero attached hydrogens (tertiary/aromatic N) is 7. The molecular formula is C33H49N7O. The van der Waals surface area contributed by atoms with E-state index in [2.05, 4.69) is 50.2 Å². The number of dihydropyridines is 1. The monoisotopic (exact) mass is 559 g/mol. The number of terminal acetylenes is 1. The van der Waals surface area contributed by atoms with Crippen molar-refractivity contribution in [2.45, 2.75) is 72.8 Å². The van der Waals surface area contributed by atoms with E-state index < -0.39 is 0 Å². The predicted octanol–water partition coefficient (Wildman–Crippen LogP) is 6.28. The highest BCUT2D eigenvalue weighted by atomic mass is 16.1. The van der Waals surface area contributed by atoms with Crippen LogP contribution in [0.15, 0.2) is 79.6 Å². The number of hydrazone groups is 1. The molecule has 2 aromatic rings. The van der Waals surface area contributed by atoms with Crippen LogP contribution in [-0.4, -0.2) is 66.0 Å². The maximum Gasteiger partial charge on any atom is 0.203 e. The average molecular weight is 560 g/mol. The molecule has 1 aromatic carbocycles. The van der Waals surface area contributed by atoms with Crippen molar-refractivity contribution in [3.8, 4) is 12.8 Å². The van der Waals surface area contributed by atoms with Crippen LogP contribution in [0.4, 0.5) is 0 Å². The van der Waals surface area contributed by atoms with Crippen molar-refractivity contribution >= 4 is 24.0 Å². The van der Waals surface area contributed by atoms with Crippen molar-refractivity contribution < 1.29 is 0 Å². The third-order valence-electron chi connectivity index (χ3n) is 5.61. The fraction of sp³-hybridized carbons (Fsp3) is 0.455. The maximum atomic E-state index is 11.4. The standard InChI is InChI=1S/C17H21N3.C10H14N4O.2C2H6.C2H2/c1-18-17(15-9-3-2-4-10-15)20-14-8-6-12-16-11-5-7-13-19-16;1-3-9-10(15)4-5-14(12-9)8-6-11-13(2)7-8;3*1-2/h2-5,9-11,14H,6-8,12-13H2,1H3;4-6,8H,3,7H2,1-2H3;2*1-2H3;1-2H. The highest BCUT2D eigenvalue weighted by molar-refractivity contribution is 6.03. The highest BCUT2D eigenvalue weighted by Gasteiger charge is 2.16. The summed E-state index contributed by atoms with van der Waals surface area (Å²) in [5.41, 5.74) is 2.90. The molecule has 0 radical (unpaired) electrons. The number of benzene rings is 1. The van der Waals surface area contributed by atoms with Crippen LogP contribution in [0, 0.1) is 12.8 Å². The summed E-state index contributed by atoms with van der Waals surface area (Å²) in [4.78, 5) is 24.5. The molecular weight excluding hydrogens is 510 g/mol. The van der Waals surface area contributed by atoms with Crippen LogP contribution in [0.25, 0.3) is 0 Å². The van der Waals surface area contributed by atoms with E-state index >= 15 is 0 Å². The molecule has 0 saturated heterocycles. The smallest absolute Gasteiger partial charge is 0.203 e. The minimum Gasteiger partial charge on any atom is -0.298 e. The number of hydrogen-bond donors (Lipinski definition) is 0. The van der Waals surface area contributed by atoms with Gasteiger partial charge in [0.2, 0.25) is 5.43 Å². The quantitative estimate of drug-likeness (QED) is 0.173. The number of aryl methyl sites for hydroxylation is 1. The molecule has 2 aliphatic rings. The molecule has 4 rings (SSSR count). The minimum absolute atomic E-state index is 0.0111. The van der Waals surface area contributed by atoms with E-state index in [1.54, 1.807) is 24.0 Å². The molecule has 0 bridgehead atoms. The first-order valence-corrected chi connectivity index (χ1v) is 14.5. The zero-order valence-corrected chi connectivity index (χ0v) is 26.1. The van der Waals surface area contributed by atoms with Crippen LogP contribution in [0.5, 0.6) is 0 Å². The lowest BCUT2D eigenvalue weighted by molar-refractivity contribution is 0.348. The van der Waals surface area contributed by atoms with Gasteiger partial charge in [-0.25, -0.2) is 4.99 Å². The topological polar surface area (TPSA) is 87.6 Å². The van der Waals surface area contributed by atoms with E-state index in [4.69, 9.17) is 0 Å². The average Bonchev–Trinajstić information content (AvgIpc) is 3.49. The van der Waals surface area contributed by atoms with Crippen LogP contribution in [0.2, 0.25) is 0 Å². The second kappa shape index (κ2) is 23.7. The molecule has 0 spiro atoms. The van der Waals surface area contributed by atoms with Gasteiger partial charge in [-0.1, -0.05) is 71.0 Å². The van der Waals surface area contributed by atoms with E-state index in [-0.39, 0.29) is 11.5 Å². The van der Waals surface area contributed by atoms with Gasteiger partial charge in [0.05, 0.1) is 12.8 Å². The Morgan fingerprint density at radius 1 is 1.12 bits per heavy atom. The third kappa shape index (κ3) is 14.2. The molecule has 0 aliphatic carbocycles. The number of aromatic nitrogens is 2. The zero-order chi connectivity index (χ0) is 30.9. The molecule has 8 nitrogen and oxygen atoms in total. The molecule has 3 heterocycles. The Kier molecular flexibility index (Phi) is 21.4. The first-order valence-electron chi connectivity index (χ1n) is 14.5. The Morgan fingerprint density at radius 2 is 1.83 bits per heavy atom. The van der Waals surface area contributed by atoms with Crippen LogP contribution >= 0.6 is 0 Å². The number of hydrogen-bond acceptors (Lipinski definition) is 6. The van der Waals surface area contributed by atoms with E-state index in [0.717, 1.165) is 50.2 Å². The van der Waals surface area contributed by atoms with Crippen LogP contribution in [0.1, 0.15) is 77.6 Å². The first kappa shape index (κ1) is 36.9.